The number of fused-ring (bicyclic) bond motifs is 1. The molecule has 2 rings (SSSR count). The zero-order chi connectivity index (χ0) is 10.8. The molecule has 0 aliphatic heterocycles. The highest BCUT2D eigenvalue weighted by Crippen LogP contribution is 2.27. The Morgan fingerprint density at radius 1 is 1.33 bits per heavy atom. The first-order valence-corrected chi connectivity index (χ1v) is 5.74. The van der Waals surface area contributed by atoms with Crippen LogP contribution < -0.4 is 0 Å². The highest BCUT2D eigenvalue weighted by molar-refractivity contribution is 5.58. The first-order chi connectivity index (χ1) is 7.27. The molecule has 2 nitrogen and oxygen atoms in total. The van der Waals surface area contributed by atoms with Gasteiger partial charge >= 0.3 is 0 Å². The average molecular weight is 202 g/mol. The van der Waals surface area contributed by atoms with E-state index < -0.39 is 0 Å². The minimum atomic E-state index is 0.597. The summed E-state index contributed by atoms with van der Waals surface area (Å²) in [5.74, 6) is 0.597. The van der Waals surface area contributed by atoms with Gasteiger partial charge in [0.25, 0.3) is 0 Å². The number of nitrogens with zero attached hydrogens (tertiary/aromatic N) is 2. The maximum atomic E-state index is 4.62. The molecule has 15 heavy (non-hydrogen) atoms. The topological polar surface area (TPSA) is 17.3 Å². The second-order valence-corrected chi connectivity index (χ2v) is 4.05. The van der Waals surface area contributed by atoms with Crippen molar-refractivity contribution in [3.8, 4) is 0 Å². The fourth-order valence-corrected chi connectivity index (χ4v) is 2.07. The molecule has 0 aliphatic rings. The van der Waals surface area contributed by atoms with Gasteiger partial charge in [0.05, 0.1) is 11.2 Å². The van der Waals surface area contributed by atoms with Gasteiger partial charge in [-0.25, -0.2) is 4.52 Å². The normalized spacial score (nSPS) is 13.3. The van der Waals surface area contributed by atoms with Crippen LogP contribution in [0.2, 0.25) is 0 Å². The molecule has 0 aliphatic carbocycles. The van der Waals surface area contributed by atoms with Crippen molar-refractivity contribution in [1.82, 2.24) is 9.61 Å². The summed E-state index contributed by atoms with van der Waals surface area (Å²) in [6.07, 6.45) is 4.21. The molecular weight excluding hydrogens is 184 g/mol. The molecule has 0 aromatic carbocycles. The van der Waals surface area contributed by atoms with Crippen molar-refractivity contribution in [3.05, 3.63) is 35.7 Å². The fraction of sp³-hybridized carbons (Fsp3) is 0.462. The highest BCUT2D eigenvalue weighted by atomic mass is 15.2. The average Bonchev–Trinajstić information content (AvgIpc) is 2.66. The SMILES string of the molecule is CCc1nn2ccccc2c1C(C)CC. The maximum absolute atomic E-state index is 4.62. The molecule has 0 bridgehead atoms. The lowest BCUT2D eigenvalue weighted by molar-refractivity contribution is 0.727. The van der Waals surface area contributed by atoms with E-state index in [-0.39, 0.29) is 0 Å². The van der Waals surface area contributed by atoms with Gasteiger partial charge < -0.3 is 0 Å². The lowest BCUT2D eigenvalue weighted by Gasteiger charge is -2.08. The van der Waals surface area contributed by atoms with Crippen molar-refractivity contribution in [3.63, 3.8) is 0 Å². The molecule has 0 N–H and O–H groups in total. The van der Waals surface area contributed by atoms with Gasteiger partial charge in [-0.05, 0) is 30.9 Å². The molecule has 1 unspecified atom stereocenters. The van der Waals surface area contributed by atoms with Crippen molar-refractivity contribution in [2.45, 2.75) is 39.5 Å². The minimum Gasteiger partial charge on any atom is -0.240 e. The van der Waals surface area contributed by atoms with Crippen LogP contribution in [-0.4, -0.2) is 9.61 Å². The van der Waals surface area contributed by atoms with Crippen molar-refractivity contribution >= 4 is 5.52 Å². The van der Waals surface area contributed by atoms with E-state index in [1.165, 1.54) is 23.2 Å². The van der Waals surface area contributed by atoms with Crippen LogP contribution in [0.5, 0.6) is 0 Å². The molecule has 0 radical (unpaired) electrons. The second-order valence-electron chi connectivity index (χ2n) is 4.05. The fourth-order valence-electron chi connectivity index (χ4n) is 2.07. The van der Waals surface area contributed by atoms with Crippen LogP contribution in [0.3, 0.4) is 0 Å². The summed E-state index contributed by atoms with van der Waals surface area (Å²) in [4.78, 5) is 0. The number of hydrogen-bond donors (Lipinski definition) is 0. The zero-order valence-corrected chi connectivity index (χ0v) is 9.70. The van der Waals surface area contributed by atoms with Crippen LogP contribution >= 0.6 is 0 Å². The Labute approximate surface area is 90.9 Å². The largest absolute Gasteiger partial charge is 0.240 e. The van der Waals surface area contributed by atoms with Crippen molar-refractivity contribution in [1.29, 1.82) is 0 Å². The molecule has 2 aromatic heterocycles. The predicted molar refractivity (Wildman–Crippen MR) is 63.3 cm³/mol. The molecule has 2 heteroatoms. The summed E-state index contributed by atoms with van der Waals surface area (Å²) >= 11 is 0. The van der Waals surface area contributed by atoms with Crippen LogP contribution in [0.1, 0.15) is 44.4 Å². The first kappa shape index (κ1) is 10.2. The molecule has 0 saturated heterocycles. The zero-order valence-electron chi connectivity index (χ0n) is 9.70. The summed E-state index contributed by atoms with van der Waals surface area (Å²) < 4.78 is 2.00. The van der Waals surface area contributed by atoms with E-state index in [0.29, 0.717) is 5.92 Å². The second kappa shape index (κ2) is 4.05. The van der Waals surface area contributed by atoms with Gasteiger partial charge in [0, 0.05) is 11.8 Å². The summed E-state index contributed by atoms with van der Waals surface area (Å²) in [6, 6.07) is 6.27. The molecule has 80 valence electrons. The van der Waals surface area contributed by atoms with Crippen LogP contribution in [0.4, 0.5) is 0 Å². The van der Waals surface area contributed by atoms with E-state index in [1.807, 2.05) is 16.8 Å². The highest BCUT2D eigenvalue weighted by Gasteiger charge is 2.15. The maximum Gasteiger partial charge on any atom is 0.0699 e. The number of aromatic nitrogens is 2. The van der Waals surface area contributed by atoms with Gasteiger partial charge in [0.2, 0.25) is 0 Å². The van der Waals surface area contributed by atoms with E-state index in [4.69, 9.17) is 0 Å². The number of hydrogen-bond acceptors (Lipinski definition) is 1. The molecule has 2 aromatic rings. The number of rotatable bonds is 3. The van der Waals surface area contributed by atoms with Crippen LogP contribution in [0, 0.1) is 0 Å². The predicted octanol–water partition coefficient (Wildman–Crippen LogP) is 3.41. The molecule has 0 spiro atoms. The summed E-state index contributed by atoms with van der Waals surface area (Å²) in [5.41, 5.74) is 3.94. The molecule has 0 amide bonds. The molecule has 0 saturated carbocycles. The van der Waals surface area contributed by atoms with Gasteiger partial charge in [-0.2, -0.15) is 5.10 Å². The Morgan fingerprint density at radius 3 is 2.80 bits per heavy atom. The van der Waals surface area contributed by atoms with Crippen LogP contribution in [-0.2, 0) is 6.42 Å². The summed E-state index contributed by atoms with van der Waals surface area (Å²) in [6.45, 7) is 6.69. The van der Waals surface area contributed by atoms with Gasteiger partial charge in [-0.3, -0.25) is 0 Å². The van der Waals surface area contributed by atoms with Gasteiger partial charge in [0.15, 0.2) is 0 Å². The van der Waals surface area contributed by atoms with E-state index in [2.05, 4.69) is 38.0 Å². The van der Waals surface area contributed by atoms with Crippen LogP contribution in [0.15, 0.2) is 24.4 Å². The quantitative estimate of drug-likeness (QED) is 0.745. The Kier molecular flexibility index (Phi) is 2.76. The third-order valence-electron chi connectivity index (χ3n) is 3.09. The van der Waals surface area contributed by atoms with Crippen molar-refractivity contribution < 1.29 is 0 Å². The third kappa shape index (κ3) is 1.65. The van der Waals surface area contributed by atoms with E-state index in [1.54, 1.807) is 0 Å². The van der Waals surface area contributed by atoms with Crippen LogP contribution in [0.25, 0.3) is 5.52 Å². The van der Waals surface area contributed by atoms with Crippen molar-refractivity contribution in [2.24, 2.45) is 0 Å². The smallest absolute Gasteiger partial charge is 0.0699 e. The lowest BCUT2D eigenvalue weighted by Crippen LogP contribution is -1.95. The van der Waals surface area contributed by atoms with E-state index in [9.17, 15) is 0 Å². The minimum absolute atomic E-state index is 0.597. The Morgan fingerprint density at radius 2 is 2.13 bits per heavy atom. The lowest BCUT2D eigenvalue weighted by atomic mass is 9.96. The molecule has 0 fully saturated rings. The molecular formula is C13H18N2. The number of aryl methyl sites for hydroxylation is 1. The van der Waals surface area contributed by atoms with E-state index >= 15 is 0 Å². The van der Waals surface area contributed by atoms with Crippen molar-refractivity contribution in [2.75, 3.05) is 0 Å². The summed E-state index contributed by atoms with van der Waals surface area (Å²) in [7, 11) is 0. The third-order valence-corrected chi connectivity index (χ3v) is 3.09. The monoisotopic (exact) mass is 202 g/mol. The number of pyridine rings is 1. The standard InChI is InChI=1S/C13H18N2/c1-4-10(3)13-11(5-2)14-15-9-7-6-8-12(13)15/h6-10H,4-5H2,1-3H3. The van der Waals surface area contributed by atoms with Gasteiger partial charge in [-0.1, -0.05) is 26.8 Å². The van der Waals surface area contributed by atoms with E-state index in [0.717, 1.165) is 6.42 Å². The first-order valence-electron chi connectivity index (χ1n) is 5.74. The Balaban J connectivity index is 2.66. The van der Waals surface area contributed by atoms with Gasteiger partial charge in [-0.15, -0.1) is 0 Å². The molecule has 2 heterocycles. The van der Waals surface area contributed by atoms with Gasteiger partial charge in [0.1, 0.15) is 0 Å². The molecule has 1 atom stereocenters. The Hall–Kier alpha value is -1.31. The summed E-state index contributed by atoms with van der Waals surface area (Å²) in [5, 5.41) is 4.62. The Bertz CT molecular complexity index is 457.